The number of nitrogens with zero attached hydrogens (tertiary/aromatic N) is 1. The van der Waals surface area contributed by atoms with Gasteiger partial charge in [0, 0.05) is 24.4 Å². The van der Waals surface area contributed by atoms with Gasteiger partial charge in [0.05, 0.1) is 6.61 Å². The number of carbonyl (C=O) groups excluding carboxylic acids is 2. The average Bonchev–Trinajstić information content (AvgIpc) is 2.37. The molecule has 0 saturated carbocycles. The van der Waals surface area contributed by atoms with Crippen LogP contribution in [-0.2, 0) is 14.3 Å². The van der Waals surface area contributed by atoms with Crippen molar-refractivity contribution in [2.75, 3.05) is 6.61 Å². The maximum Gasteiger partial charge on any atom is 0.333 e. The lowest BCUT2D eigenvalue weighted by Crippen LogP contribution is -2.08. The van der Waals surface area contributed by atoms with Gasteiger partial charge in [0.2, 0.25) is 0 Å². The van der Waals surface area contributed by atoms with Gasteiger partial charge in [0.15, 0.2) is 5.78 Å². The van der Waals surface area contributed by atoms with Crippen molar-refractivity contribution in [2.45, 2.75) is 13.3 Å². The van der Waals surface area contributed by atoms with Crippen LogP contribution in [0, 0.1) is 0 Å². The van der Waals surface area contributed by atoms with E-state index in [4.69, 9.17) is 4.74 Å². The van der Waals surface area contributed by atoms with Gasteiger partial charge in [-0.2, -0.15) is 0 Å². The number of ether oxygens (including phenoxy) is 1. The molecule has 94 valence electrons. The lowest BCUT2D eigenvalue weighted by molar-refractivity contribution is -0.139. The van der Waals surface area contributed by atoms with E-state index in [1.165, 1.54) is 6.08 Å². The second-order valence-corrected chi connectivity index (χ2v) is 3.75. The fourth-order valence-corrected chi connectivity index (χ4v) is 1.11. The molecule has 0 spiro atoms. The molecule has 0 N–H and O–H groups in total. The van der Waals surface area contributed by atoms with Crippen LogP contribution in [0.25, 0.3) is 6.08 Å². The van der Waals surface area contributed by atoms with Crippen LogP contribution in [0.15, 0.2) is 42.8 Å². The summed E-state index contributed by atoms with van der Waals surface area (Å²) in [6.45, 7) is 5.08. The normalized spacial score (nSPS) is 10.3. The average molecular weight is 245 g/mol. The monoisotopic (exact) mass is 245 g/mol. The molecule has 0 fully saturated rings. The van der Waals surface area contributed by atoms with Crippen LogP contribution in [0.5, 0.6) is 0 Å². The van der Waals surface area contributed by atoms with E-state index >= 15 is 0 Å². The predicted molar refractivity (Wildman–Crippen MR) is 68.7 cm³/mol. The first-order valence-corrected chi connectivity index (χ1v) is 5.53. The highest BCUT2D eigenvalue weighted by Gasteiger charge is 2.04. The van der Waals surface area contributed by atoms with Gasteiger partial charge in [-0.3, -0.25) is 9.78 Å². The summed E-state index contributed by atoms with van der Waals surface area (Å²) < 4.78 is 4.82. The van der Waals surface area contributed by atoms with E-state index in [1.54, 1.807) is 31.5 Å². The molecule has 18 heavy (non-hydrogen) atoms. The number of rotatable bonds is 6. The van der Waals surface area contributed by atoms with Gasteiger partial charge in [0.1, 0.15) is 0 Å². The van der Waals surface area contributed by atoms with Crippen LogP contribution in [-0.4, -0.2) is 23.3 Å². The van der Waals surface area contributed by atoms with E-state index in [9.17, 15) is 9.59 Å². The Morgan fingerprint density at radius 3 is 2.89 bits per heavy atom. The predicted octanol–water partition coefficient (Wildman–Crippen LogP) is 2.17. The molecule has 1 heterocycles. The van der Waals surface area contributed by atoms with Crippen LogP contribution in [0.1, 0.15) is 18.9 Å². The van der Waals surface area contributed by atoms with Crippen molar-refractivity contribution >= 4 is 17.8 Å². The molecule has 0 atom stereocenters. The molecular formula is C14H15NO3. The standard InChI is InChI=1S/C14H15NO3/c1-11(2)14(17)18-9-7-13(16)6-5-12-4-3-8-15-10-12/h3-6,8,10H,1,7,9H2,2H3/b6-5+. The van der Waals surface area contributed by atoms with Gasteiger partial charge >= 0.3 is 5.97 Å². The molecule has 0 unspecified atom stereocenters. The van der Waals surface area contributed by atoms with Crippen molar-refractivity contribution in [1.82, 2.24) is 4.98 Å². The summed E-state index contributed by atoms with van der Waals surface area (Å²) in [6.07, 6.45) is 6.61. The summed E-state index contributed by atoms with van der Waals surface area (Å²) in [5.41, 5.74) is 1.18. The van der Waals surface area contributed by atoms with Crippen LogP contribution in [0.4, 0.5) is 0 Å². The van der Waals surface area contributed by atoms with Gasteiger partial charge in [-0.15, -0.1) is 0 Å². The zero-order chi connectivity index (χ0) is 13.4. The number of hydrogen-bond acceptors (Lipinski definition) is 4. The summed E-state index contributed by atoms with van der Waals surface area (Å²) in [5.74, 6) is -0.576. The molecule has 1 aromatic rings. The molecule has 0 radical (unpaired) electrons. The Kier molecular flexibility index (Phi) is 5.51. The van der Waals surface area contributed by atoms with E-state index in [0.717, 1.165) is 5.56 Å². The Morgan fingerprint density at radius 2 is 2.28 bits per heavy atom. The van der Waals surface area contributed by atoms with Crippen molar-refractivity contribution in [3.05, 3.63) is 48.3 Å². The van der Waals surface area contributed by atoms with Gasteiger partial charge in [-0.1, -0.05) is 12.6 Å². The molecule has 0 aliphatic carbocycles. The molecular weight excluding hydrogens is 230 g/mol. The largest absolute Gasteiger partial charge is 0.462 e. The van der Waals surface area contributed by atoms with Gasteiger partial charge in [-0.05, 0) is 30.7 Å². The Morgan fingerprint density at radius 1 is 1.50 bits per heavy atom. The van der Waals surface area contributed by atoms with E-state index in [2.05, 4.69) is 11.6 Å². The topological polar surface area (TPSA) is 56.3 Å². The van der Waals surface area contributed by atoms with Crippen molar-refractivity contribution in [3.8, 4) is 0 Å². The Bertz CT molecular complexity index is 463. The second kappa shape index (κ2) is 7.17. The fraction of sp³-hybridized carbons (Fsp3) is 0.214. The van der Waals surface area contributed by atoms with E-state index in [1.807, 2.05) is 6.07 Å². The number of carbonyl (C=O) groups is 2. The third kappa shape index (κ3) is 5.21. The van der Waals surface area contributed by atoms with Crippen molar-refractivity contribution < 1.29 is 14.3 Å². The lowest BCUT2D eigenvalue weighted by atomic mass is 10.2. The third-order valence-corrected chi connectivity index (χ3v) is 2.08. The van der Waals surface area contributed by atoms with Crippen LogP contribution < -0.4 is 0 Å². The Labute approximate surface area is 106 Å². The SMILES string of the molecule is C=C(C)C(=O)OCCC(=O)/C=C/c1cccnc1. The molecule has 0 aliphatic heterocycles. The van der Waals surface area contributed by atoms with Gasteiger partial charge in [-0.25, -0.2) is 4.79 Å². The second-order valence-electron chi connectivity index (χ2n) is 3.75. The van der Waals surface area contributed by atoms with Crippen molar-refractivity contribution in [2.24, 2.45) is 0 Å². The molecule has 0 amide bonds. The first-order valence-electron chi connectivity index (χ1n) is 5.53. The Balaban J connectivity index is 2.32. The molecule has 0 aromatic carbocycles. The summed E-state index contributed by atoms with van der Waals surface area (Å²) in [6, 6.07) is 3.64. The number of aromatic nitrogens is 1. The maximum atomic E-state index is 11.4. The zero-order valence-corrected chi connectivity index (χ0v) is 10.3. The minimum atomic E-state index is -0.473. The van der Waals surface area contributed by atoms with Gasteiger partial charge in [0.25, 0.3) is 0 Å². The van der Waals surface area contributed by atoms with E-state index < -0.39 is 5.97 Å². The number of pyridine rings is 1. The molecule has 0 bridgehead atoms. The quantitative estimate of drug-likeness (QED) is 0.569. The minimum Gasteiger partial charge on any atom is -0.462 e. The number of esters is 1. The molecule has 4 heteroatoms. The highest BCUT2D eigenvalue weighted by molar-refractivity contribution is 5.94. The van der Waals surface area contributed by atoms with E-state index in [0.29, 0.717) is 5.57 Å². The number of allylic oxidation sites excluding steroid dienone is 1. The maximum absolute atomic E-state index is 11.4. The Hall–Kier alpha value is -2.23. The summed E-state index contributed by atoms with van der Waals surface area (Å²) in [7, 11) is 0. The first kappa shape index (κ1) is 13.8. The van der Waals surface area contributed by atoms with Crippen LogP contribution >= 0.6 is 0 Å². The molecule has 1 aromatic heterocycles. The molecule has 4 nitrogen and oxygen atoms in total. The van der Waals surface area contributed by atoms with Crippen molar-refractivity contribution in [1.29, 1.82) is 0 Å². The smallest absolute Gasteiger partial charge is 0.333 e. The summed E-state index contributed by atoms with van der Waals surface area (Å²) in [5, 5.41) is 0. The summed E-state index contributed by atoms with van der Waals surface area (Å²) >= 11 is 0. The van der Waals surface area contributed by atoms with Gasteiger partial charge < -0.3 is 4.74 Å². The third-order valence-electron chi connectivity index (χ3n) is 2.08. The first-order chi connectivity index (χ1) is 8.59. The minimum absolute atomic E-state index is 0.0713. The highest BCUT2D eigenvalue weighted by atomic mass is 16.5. The van der Waals surface area contributed by atoms with Crippen LogP contribution in [0.3, 0.4) is 0 Å². The van der Waals surface area contributed by atoms with E-state index in [-0.39, 0.29) is 18.8 Å². The molecule has 0 saturated heterocycles. The highest BCUT2D eigenvalue weighted by Crippen LogP contribution is 2.00. The molecule has 1 rings (SSSR count). The fourth-order valence-electron chi connectivity index (χ4n) is 1.11. The molecule has 0 aliphatic rings. The van der Waals surface area contributed by atoms with Crippen LogP contribution in [0.2, 0.25) is 0 Å². The van der Waals surface area contributed by atoms with Crippen molar-refractivity contribution in [3.63, 3.8) is 0 Å². The number of hydrogen-bond donors (Lipinski definition) is 0. The number of ketones is 1. The zero-order valence-electron chi connectivity index (χ0n) is 10.3. The lowest BCUT2D eigenvalue weighted by Gasteiger charge is -2.01. The summed E-state index contributed by atoms with van der Waals surface area (Å²) in [4.78, 5) is 26.4.